The van der Waals surface area contributed by atoms with Gasteiger partial charge in [0.2, 0.25) is 0 Å². The molecule has 0 amide bonds. The zero-order chi connectivity index (χ0) is 50.0. The molecule has 334 valence electrons. The molecular formula is C64H33N9. The van der Waals surface area contributed by atoms with Crippen molar-refractivity contribution >= 4 is 21.8 Å². The second-order valence-electron chi connectivity index (χ2n) is 17.2. The average molecular weight is 928 g/mol. The maximum Gasteiger partial charge on any atom is 0.160 e. The standard InChI is InChI=1S/C64H33N9/c65-34-40-19-23-51(49(27-40)38-69)44-21-25-61-55(29-44)56-30-45(52-24-20-41(35-66)28-50(52)39-70)22-26-62(56)73(61)63-57(53-17-9-7-15-46(53)36-67)31-48(32-58(63)54-18-10-8-16-47(54)37-68)64-71-59(42-11-3-1-4-12-42)33-60(72-64)43-13-5-2-6-14-43/h1-33H. The Labute approximate surface area is 420 Å². The van der Waals surface area contributed by atoms with E-state index < -0.39 is 0 Å². The fraction of sp³-hybridized carbons (Fsp3) is 0. The number of aromatic nitrogens is 3. The van der Waals surface area contributed by atoms with E-state index in [4.69, 9.17) is 9.97 Å². The SMILES string of the molecule is N#Cc1ccc(-c2ccc3c(c2)c2cc(-c4ccc(C#N)cc4C#N)ccc2n3-c2c(-c3ccccc3C#N)cc(-c3nc(-c4ccccc4)cc(-c4ccccc4)n3)cc2-c2ccccc2C#N)c(C#N)c1. The van der Waals surface area contributed by atoms with E-state index in [-0.39, 0.29) is 0 Å². The molecule has 11 rings (SSSR count). The van der Waals surface area contributed by atoms with E-state index in [2.05, 4.69) is 41.0 Å². The van der Waals surface area contributed by atoms with Crippen LogP contribution in [0.5, 0.6) is 0 Å². The first kappa shape index (κ1) is 44.3. The number of benzene rings is 9. The summed E-state index contributed by atoms with van der Waals surface area (Å²) in [4.78, 5) is 10.5. The molecule has 11 aromatic rings. The maximum absolute atomic E-state index is 10.8. The molecular weight excluding hydrogens is 895 g/mol. The van der Waals surface area contributed by atoms with Gasteiger partial charge in [-0.2, -0.15) is 31.6 Å². The van der Waals surface area contributed by atoms with Crippen LogP contribution in [0.3, 0.4) is 0 Å². The normalized spacial score (nSPS) is 10.7. The van der Waals surface area contributed by atoms with E-state index in [1.54, 1.807) is 48.5 Å². The third kappa shape index (κ3) is 7.93. The molecule has 0 unspecified atom stereocenters. The third-order valence-electron chi connectivity index (χ3n) is 13.1. The second kappa shape index (κ2) is 18.7. The molecule has 0 aliphatic carbocycles. The van der Waals surface area contributed by atoms with Gasteiger partial charge < -0.3 is 4.57 Å². The van der Waals surface area contributed by atoms with E-state index >= 15 is 0 Å². The van der Waals surface area contributed by atoms with Gasteiger partial charge >= 0.3 is 0 Å². The molecule has 0 fully saturated rings. The molecule has 0 N–H and O–H groups in total. The van der Waals surface area contributed by atoms with Crippen molar-refractivity contribution in [2.45, 2.75) is 0 Å². The van der Waals surface area contributed by atoms with Gasteiger partial charge in [0.15, 0.2) is 5.82 Å². The van der Waals surface area contributed by atoms with Crippen molar-refractivity contribution in [1.29, 1.82) is 31.6 Å². The summed E-state index contributed by atoms with van der Waals surface area (Å²) in [6.07, 6.45) is 0. The Hall–Kier alpha value is -11.2. The number of nitrogens with zero attached hydrogens (tertiary/aromatic N) is 9. The Morgan fingerprint density at radius 1 is 0.301 bits per heavy atom. The molecule has 0 aliphatic heterocycles. The van der Waals surface area contributed by atoms with Crippen molar-refractivity contribution in [3.63, 3.8) is 0 Å². The molecule has 9 aromatic carbocycles. The summed E-state index contributed by atoms with van der Waals surface area (Å²) in [7, 11) is 0. The summed E-state index contributed by atoms with van der Waals surface area (Å²) in [5.74, 6) is 0.432. The summed E-state index contributed by atoms with van der Waals surface area (Å²) >= 11 is 0. The van der Waals surface area contributed by atoms with Crippen LogP contribution in [0.25, 0.3) is 106 Å². The lowest BCUT2D eigenvalue weighted by Crippen LogP contribution is -2.04. The molecule has 2 heterocycles. The first-order valence-corrected chi connectivity index (χ1v) is 23.1. The zero-order valence-electron chi connectivity index (χ0n) is 38.6. The molecule has 0 radical (unpaired) electrons. The van der Waals surface area contributed by atoms with Crippen molar-refractivity contribution in [3.05, 3.63) is 234 Å². The topological polar surface area (TPSA) is 173 Å². The fourth-order valence-electron chi connectivity index (χ4n) is 9.65. The smallest absolute Gasteiger partial charge is 0.160 e. The molecule has 0 aliphatic rings. The zero-order valence-corrected chi connectivity index (χ0v) is 38.6. The quantitative estimate of drug-likeness (QED) is 0.145. The average Bonchev–Trinajstić information content (AvgIpc) is 3.79. The highest BCUT2D eigenvalue weighted by Gasteiger charge is 2.26. The highest BCUT2D eigenvalue weighted by molar-refractivity contribution is 6.13. The number of hydrogen-bond acceptors (Lipinski definition) is 8. The van der Waals surface area contributed by atoms with E-state index in [1.165, 1.54) is 0 Å². The van der Waals surface area contributed by atoms with Gasteiger partial charge in [0.1, 0.15) is 0 Å². The van der Waals surface area contributed by atoms with Gasteiger partial charge in [0.05, 0.1) is 97.9 Å². The van der Waals surface area contributed by atoms with Crippen molar-refractivity contribution in [3.8, 4) is 121 Å². The summed E-state index contributed by atoms with van der Waals surface area (Å²) in [5, 5.41) is 63.4. The Balaban J connectivity index is 1.29. The molecule has 0 saturated heterocycles. The van der Waals surface area contributed by atoms with Gasteiger partial charge in [-0.25, -0.2) is 9.97 Å². The van der Waals surface area contributed by atoms with Crippen LogP contribution in [0.15, 0.2) is 200 Å². The summed E-state index contributed by atoms with van der Waals surface area (Å²) in [5.41, 5.74) is 13.7. The molecule has 0 atom stereocenters. The van der Waals surface area contributed by atoms with E-state index in [9.17, 15) is 31.6 Å². The van der Waals surface area contributed by atoms with Crippen molar-refractivity contribution in [2.24, 2.45) is 0 Å². The van der Waals surface area contributed by atoms with Crippen molar-refractivity contribution in [1.82, 2.24) is 14.5 Å². The monoisotopic (exact) mass is 927 g/mol. The van der Waals surface area contributed by atoms with E-state index in [0.717, 1.165) is 44.1 Å². The van der Waals surface area contributed by atoms with Crippen LogP contribution >= 0.6 is 0 Å². The van der Waals surface area contributed by atoms with Crippen LogP contribution in [-0.2, 0) is 0 Å². The second-order valence-corrected chi connectivity index (χ2v) is 17.2. The van der Waals surface area contributed by atoms with Crippen molar-refractivity contribution in [2.75, 3.05) is 0 Å². The van der Waals surface area contributed by atoms with Crippen LogP contribution in [0.1, 0.15) is 33.4 Å². The van der Waals surface area contributed by atoms with Gasteiger partial charge in [0, 0.05) is 49.7 Å². The molecule has 2 aromatic heterocycles. The van der Waals surface area contributed by atoms with Crippen LogP contribution in [-0.4, -0.2) is 14.5 Å². The number of fused-ring (bicyclic) bond motifs is 3. The minimum absolute atomic E-state index is 0.342. The summed E-state index contributed by atoms with van der Waals surface area (Å²) < 4.78 is 2.15. The first-order valence-electron chi connectivity index (χ1n) is 23.1. The van der Waals surface area contributed by atoms with Crippen LogP contribution in [0.2, 0.25) is 0 Å². The molecule has 0 spiro atoms. The van der Waals surface area contributed by atoms with Crippen LogP contribution < -0.4 is 0 Å². The van der Waals surface area contributed by atoms with Crippen molar-refractivity contribution < 1.29 is 0 Å². The van der Waals surface area contributed by atoms with Gasteiger partial charge in [-0.15, -0.1) is 0 Å². The number of hydrogen-bond donors (Lipinski definition) is 0. The lowest BCUT2D eigenvalue weighted by atomic mass is 9.89. The summed E-state index contributed by atoms with van der Waals surface area (Å²) in [6.45, 7) is 0. The third-order valence-corrected chi connectivity index (χ3v) is 13.1. The predicted molar refractivity (Wildman–Crippen MR) is 283 cm³/mol. The highest BCUT2D eigenvalue weighted by Crippen LogP contribution is 2.46. The van der Waals surface area contributed by atoms with Gasteiger partial charge in [-0.3, -0.25) is 0 Å². The highest BCUT2D eigenvalue weighted by atomic mass is 15.0. The van der Waals surface area contributed by atoms with Gasteiger partial charge in [0.25, 0.3) is 0 Å². The molecule has 0 saturated carbocycles. The number of rotatable bonds is 8. The van der Waals surface area contributed by atoms with E-state index in [0.29, 0.717) is 95.2 Å². The Morgan fingerprint density at radius 3 is 1.15 bits per heavy atom. The van der Waals surface area contributed by atoms with Gasteiger partial charge in [-0.05, 0) is 101 Å². The molecule has 73 heavy (non-hydrogen) atoms. The van der Waals surface area contributed by atoms with Crippen LogP contribution in [0.4, 0.5) is 0 Å². The Kier molecular flexibility index (Phi) is 11.4. The molecule has 0 bridgehead atoms. The molecule has 9 nitrogen and oxygen atoms in total. The van der Waals surface area contributed by atoms with E-state index in [1.807, 2.05) is 152 Å². The molecule has 9 heteroatoms. The predicted octanol–water partition coefficient (Wildman–Crippen LogP) is 14.5. The van der Waals surface area contributed by atoms with Gasteiger partial charge in [-0.1, -0.05) is 121 Å². The minimum atomic E-state index is 0.342. The first-order chi connectivity index (χ1) is 35.9. The number of nitriles is 6. The summed E-state index contributed by atoms with van der Waals surface area (Å²) in [6, 6.07) is 76.5. The largest absolute Gasteiger partial charge is 0.308 e. The van der Waals surface area contributed by atoms with Crippen LogP contribution in [0, 0.1) is 68.0 Å². The Bertz CT molecular complexity index is 4070. The fourth-order valence-corrected chi connectivity index (χ4v) is 9.65. The minimum Gasteiger partial charge on any atom is -0.308 e. The lowest BCUT2D eigenvalue weighted by molar-refractivity contribution is 1.16. The lowest BCUT2D eigenvalue weighted by Gasteiger charge is -2.22. The maximum atomic E-state index is 10.8. The Morgan fingerprint density at radius 2 is 0.726 bits per heavy atom.